The maximum Gasteiger partial charge on any atom is 0.362 e. The van der Waals surface area contributed by atoms with Gasteiger partial charge in [0.15, 0.2) is 11.3 Å². The average molecular weight is 361 g/mol. The van der Waals surface area contributed by atoms with E-state index in [1.807, 2.05) is 31.2 Å². The van der Waals surface area contributed by atoms with Gasteiger partial charge in [-0.3, -0.25) is 0 Å². The summed E-state index contributed by atoms with van der Waals surface area (Å²) >= 11 is 0. The van der Waals surface area contributed by atoms with E-state index in [0.717, 1.165) is 5.56 Å². The second-order valence-corrected chi connectivity index (χ2v) is 7.34. The van der Waals surface area contributed by atoms with Crippen LogP contribution in [0.25, 0.3) is 22.9 Å². The highest BCUT2D eigenvalue weighted by molar-refractivity contribution is 5.78. The standard InChI is InChI=1S/C23H23NO3/c1-15-7-12-22-19(13-15)24-20(23(26)27-22)14-21(25)18-10-8-17(9-11-18)16-5-3-2-4-6-16/h7-14,16,25H,2-6H2,1H3/b21-14-. The van der Waals surface area contributed by atoms with Gasteiger partial charge in [0.2, 0.25) is 0 Å². The van der Waals surface area contributed by atoms with Crippen molar-refractivity contribution in [2.75, 3.05) is 0 Å². The fourth-order valence-corrected chi connectivity index (χ4v) is 3.79. The molecule has 1 heterocycles. The van der Waals surface area contributed by atoms with Crippen LogP contribution in [0.5, 0.6) is 0 Å². The van der Waals surface area contributed by atoms with E-state index in [-0.39, 0.29) is 11.5 Å². The molecule has 4 heteroatoms. The summed E-state index contributed by atoms with van der Waals surface area (Å²) in [5.41, 5.74) is 3.60. The molecule has 0 aliphatic heterocycles. The number of rotatable bonds is 3. The Balaban J connectivity index is 1.62. The first-order valence-electron chi connectivity index (χ1n) is 9.53. The summed E-state index contributed by atoms with van der Waals surface area (Å²) in [5, 5.41) is 10.5. The number of benzene rings is 2. The molecule has 0 spiro atoms. The average Bonchev–Trinajstić information content (AvgIpc) is 2.69. The summed E-state index contributed by atoms with van der Waals surface area (Å²) in [5.74, 6) is 0.633. The van der Waals surface area contributed by atoms with Crippen molar-refractivity contribution < 1.29 is 9.52 Å². The first-order valence-corrected chi connectivity index (χ1v) is 9.53. The second-order valence-electron chi connectivity index (χ2n) is 7.34. The Morgan fingerprint density at radius 2 is 1.85 bits per heavy atom. The van der Waals surface area contributed by atoms with Gasteiger partial charge in [-0.25, -0.2) is 9.78 Å². The maximum absolute atomic E-state index is 12.2. The molecule has 1 aliphatic carbocycles. The van der Waals surface area contributed by atoms with Gasteiger partial charge in [-0.1, -0.05) is 49.6 Å². The zero-order valence-electron chi connectivity index (χ0n) is 15.4. The minimum atomic E-state index is -0.559. The minimum Gasteiger partial charge on any atom is -0.507 e. The lowest BCUT2D eigenvalue weighted by Crippen LogP contribution is -2.07. The quantitative estimate of drug-likeness (QED) is 0.617. The van der Waals surface area contributed by atoms with E-state index in [4.69, 9.17) is 4.42 Å². The molecule has 1 fully saturated rings. The number of hydrogen-bond donors (Lipinski definition) is 1. The Hall–Kier alpha value is -2.88. The number of aliphatic hydroxyl groups excluding tert-OH is 1. The molecule has 0 atom stereocenters. The summed E-state index contributed by atoms with van der Waals surface area (Å²) in [6, 6.07) is 13.4. The van der Waals surface area contributed by atoms with Gasteiger partial charge in [-0.05, 0) is 48.9 Å². The molecule has 4 nitrogen and oxygen atoms in total. The van der Waals surface area contributed by atoms with Crippen molar-refractivity contribution in [1.82, 2.24) is 4.98 Å². The number of aromatic nitrogens is 1. The van der Waals surface area contributed by atoms with Crippen molar-refractivity contribution >= 4 is 22.9 Å². The van der Waals surface area contributed by atoms with Crippen LogP contribution in [0, 0.1) is 6.92 Å². The fourth-order valence-electron chi connectivity index (χ4n) is 3.79. The highest BCUT2D eigenvalue weighted by atomic mass is 16.4. The molecule has 4 rings (SSSR count). The summed E-state index contributed by atoms with van der Waals surface area (Å²) in [6.07, 6.45) is 7.77. The lowest BCUT2D eigenvalue weighted by Gasteiger charge is -2.22. The zero-order chi connectivity index (χ0) is 18.8. The molecule has 1 N–H and O–H groups in total. The zero-order valence-corrected chi connectivity index (χ0v) is 15.4. The van der Waals surface area contributed by atoms with Crippen LogP contribution in [0.4, 0.5) is 0 Å². The van der Waals surface area contributed by atoms with Gasteiger partial charge >= 0.3 is 5.63 Å². The first-order chi connectivity index (χ1) is 13.1. The van der Waals surface area contributed by atoms with Crippen molar-refractivity contribution in [3.8, 4) is 0 Å². The third kappa shape index (κ3) is 3.80. The third-order valence-corrected chi connectivity index (χ3v) is 5.32. The van der Waals surface area contributed by atoms with Crippen LogP contribution in [-0.2, 0) is 0 Å². The van der Waals surface area contributed by atoms with Gasteiger partial charge in [0.25, 0.3) is 0 Å². The third-order valence-electron chi connectivity index (χ3n) is 5.32. The van der Waals surface area contributed by atoms with Gasteiger partial charge in [0, 0.05) is 11.6 Å². The van der Waals surface area contributed by atoms with Crippen LogP contribution in [0.2, 0.25) is 0 Å². The first kappa shape index (κ1) is 17.5. The molecule has 1 aliphatic rings. The molecule has 138 valence electrons. The minimum absolute atomic E-state index is 0.0111. The highest BCUT2D eigenvalue weighted by Crippen LogP contribution is 2.33. The van der Waals surface area contributed by atoms with E-state index in [1.165, 1.54) is 43.7 Å². The van der Waals surface area contributed by atoms with Gasteiger partial charge in [0.05, 0.1) is 0 Å². The van der Waals surface area contributed by atoms with Crippen LogP contribution in [0.1, 0.15) is 60.4 Å². The van der Waals surface area contributed by atoms with Gasteiger partial charge in [0.1, 0.15) is 11.3 Å². The number of aliphatic hydroxyl groups is 1. The molecule has 1 saturated carbocycles. The molecule has 2 aromatic carbocycles. The largest absolute Gasteiger partial charge is 0.507 e. The second kappa shape index (κ2) is 7.39. The monoisotopic (exact) mass is 361 g/mol. The molecule has 0 unspecified atom stereocenters. The maximum atomic E-state index is 12.2. The lowest BCUT2D eigenvalue weighted by atomic mass is 9.84. The summed E-state index contributed by atoms with van der Waals surface area (Å²) in [6.45, 7) is 1.95. The van der Waals surface area contributed by atoms with Crippen molar-refractivity contribution in [1.29, 1.82) is 0 Å². The summed E-state index contributed by atoms with van der Waals surface area (Å²) in [4.78, 5) is 16.5. The van der Waals surface area contributed by atoms with E-state index in [0.29, 0.717) is 22.6 Å². The molecule has 0 radical (unpaired) electrons. The van der Waals surface area contributed by atoms with Gasteiger partial charge in [-0.15, -0.1) is 0 Å². The van der Waals surface area contributed by atoms with Crippen LogP contribution in [-0.4, -0.2) is 10.1 Å². The Kier molecular flexibility index (Phi) is 4.80. The van der Waals surface area contributed by atoms with Crippen LogP contribution in [0.3, 0.4) is 0 Å². The number of nitrogens with zero attached hydrogens (tertiary/aromatic N) is 1. The van der Waals surface area contributed by atoms with Gasteiger partial charge in [-0.2, -0.15) is 0 Å². The molecule has 0 bridgehead atoms. The van der Waals surface area contributed by atoms with E-state index >= 15 is 0 Å². The molecule has 0 amide bonds. The van der Waals surface area contributed by atoms with E-state index in [2.05, 4.69) is 17.1 Å². The number of fused-ring (bicyclic) bond motifs is 1. The number of hydrogen-bond acceptors (Lipinski definition) is 4. The Morgan fingerprint density at radius 3 is 2.59 bits per heavy atom. The van der Waals surface area contributed by atoms with Crippen LogP contribution >= 0.6 is 0 Å². The van der Waals surface area contributed by atoms with E-state index < -0.39 is 5.63 Å². The van der Waals surface area contributed by atoms with E-state index in [9.17, 15) is 9.90 Å². The van der Waals surface area contributed by atoms with E-state index in [1.54, 1.807) is 6.07 Å². The summed E-state index contributed by atoms with van der Waals surface area (Å²) < 4.78 is 5.31. The SMILES string of the molecule is Cc1ccc2oc(=O)c(/C=C(\O)c3ccc(C4CCCCC4)cc3)nc2c1. The predicted octanol–water partition coefficient (Wildman–Crippen LogP) is 5.60. The molecular weight excluding hydrogens is 338 g/mol. The highest BCUT2D eigenvalue weighted by Gasteiger charge is 2.15. The van der Waals surface area contributed by atoms with Crippen LogP contribution < -0.4 is 5.63 Å². The van der Waals surface area contributed by atoms with Crippen molar-refractivity contribution in [3.63, 3.8) is 0 Å². The van der Waals surface area contributed by atoms with Crippen molar-refractivity contribution in [2.24, 2.45) is 0 Å². The Morgan fingerprint density at radius 1 is 1.11 bits per heavy atom. The smallest absolute Gasteiger partial charge is 0.362 e. The van der Waals surface area contributed by atoms with Crippen molar-refractivity contribution in [2.45, 2.75) is 44.9 Å². The molecular formula is C23H23NO3. The normalized spacial score (nSPS) is 16.0. The summed E-state index contributed by atoms with van der Waals surface area (Å²) in [7, 11) is 0. The Bertz CT molecular complexity index is 1040. The molecule has 0 saturated heterocycles. The van der Waals surface area contributed by atoms with Crippen LogP contribution in [0.15, 0.2) is 51.7 Å². The topological polar surface area (TPSA) is 63.3 Å². The molecule has 1 aromatic heterocycles. The fraction of sp³-hybridized carbons (Fsp3) is 0.304. The molecule has 27 heavy (non-hydrogen) atoms. The molecule has 3 aromatic rings. The van der Waals surface area contributed by atoms with Gasteiger partial charge < -0.3 is 9.52 Å². The number of aryl methyl sites for hydroxylation is 1. The lowest BCUT2D eigenvalue weighted by molar-refractivity contribution is 0.443. The Labute approximate surface area is 158 Å². The predicted molar refractivity (Wildman–Crippen MR) is 108 cm³/mol. The van der Waals surface area contributed by atoms with Crippen molar-refractivity contribution in [3.05, 3.63) is 75.3 Å².